The lowest BCUT2D eigenvalue weighted by Crippen LogP contribution is -2.43. The van der Waals surface area contributed by atoms with E-state index < -0.39 is 12.4 Å². The minimum atomic E-state index is -0.630. The summed E-state index contributed by atoms with van der Waals surface area (Å²) in [4.78, 5) is 14.3. The molecular formula is C31H36N2O5. The summed E-state index contributed by atoms with van der Waals surface area (Å²) in [7, 11) is 2.10. The summed E-state index contributed by atoms with van der Waals surface area (Å²) in [5.74, 6) is 0.0691. The highest BCUT2D eigenvalue weighted by atomic mass is 16.7. The molecule has 0 saturated carbocycles. The number of likely N-dealkylation sites (N-methyl/N-ethyl adjacent to an activating group) is 1. The lowest BCUT2D eigenvalue weighted by atomic mass is 9.90. The molecule has 1 heterocycles. The topological polar surface area (TPSA) is 80.3 Å². The lowest BCUT2D eigenvalue weighted by molar-refractivity contribution is -0.276. The first-order valence-corrected chi connectivity index (χ1v) is 12.8. The molecule has 4 unspecified atom stereocenters. The third kappa shape index (κ3) is 7.30. The summed E-state index contributed by atoms with van der Waals surface area (Å²) in [5, 5.41) is 12.2. The van der Waals surface area contributed by atoms with E-state index in [1.165, 1.54) is 11.6 Å². The molecule has 200 valence electrons. The Morgan fingerprint density at radius 2 is 1.79 bits per heavy atom. The van der Waals surface area contributed by atoms with Gasteiger partial charge < -0.3 is 19.3 Å². The van der Waals surface area contributed by atoms with E-state index in [4.69, 9.17) is 14.2 Å². The van der Waals surface area contributed by atoms with Crippen molar-refractivity contribution in [3.8, 4) is 0 Å². The predicted octanol–water partition coefficient (Wildman–Crippen LogP) is 5.84. The van der Waals surface area contributed by atoms with Crippen molar-refractivity contribution in [3.05, 3.63) is 114 Å². The average Bonchev–Trinajstić information content (AvgIpc) is 2.93. The molecule has 1 fully saturated rings. The Morgan fingerprint density at radius 3 is 2.50 bits per heavy atom. The number of ether oxygens (including phenoxy) is 3. The predicted molar refractivity (Wildman–Crippen MR) is 147 cm³/mol. The summed E-state index contributed by atoms with van der Waals surface area (Å²) in [6.07, 6.45) is 0.00595. The Morgan fingerprint density at radius 1 is 1.03 bits per heavy atom. The minimum Gasteiger partial charge on any atom is -0.445 e. The fourth-order valence-electron chi connectivity index (χ4n) is 4.65. The molecule has 3 aromatic rings. The second-order valence-corrected chi connectivity index (χ2v) is 9.64. The third-order valence-corrected chi connectivity index (χ3v) is 6.65. The monoisotopic (exact) mass is 516 g/mol. The average molecular weight is 517 g/mol. The smallest absolute Gasteiger partial charge is 0.411 e. The molecule has 0 aromatic heterocycles. The van der Waals surface area contributed by atoms with Gasteiger partial charge in [0.15, 0.2) is 6.29 Å². The van der Waals surface area contributed by atoms with E-state index in [9.17, 15) is 9.90 Å². The van der Waals surface area contributed by atoms with Gasteiger partial charge in [-0.25, -0.2) is 4.79 Å². The molecule has 1 amide bonds. The fraction of sp³-hybridized carbons (Fsp3) is 0.323. The van der Waals surface area contributed by atoms with Crippen LogP contribution >= 0.6 is 0 Å². The molecule has 0 aliphatic carbocycles. The first-order valence-electron chi connectivity index (χ1n) is 12.8. The summed E-state index contributed by atoms with van der Waals surface area (Å²) in [6.45, 7) is 7.36. The second kappa shape index (κ2) is 13.3. The highest BCUT2D eigenvalue weighted by Crippen LogP contribution is 2.42. The van der Waals surface area contributed by atoms with Gasteiger partial charge in [0.1, 0.15) is 6.61 Å². The van der Waals surface area contributed by atoms with Crippen molar-refractivity contribution in [2.45, 2.75) is 38.6 Å². The van der Waals surface area contributed by atoms with Gasteiger partial charge in [-0.15, -0.1) is 0 Å². The number of nitrogens with one attached hydrogen (secondary N) is 1. The Bertz CT molecular complexity index is 1180. The van der Waals surface area contributed by atoms with Crippen LogP contribution in [0.25, 0.3) is 0 Å². The van der Waals surface area contributed by atoms with Crippen LogP contribution in [0.4, 0.5) is 10.5 Å². The number of carbonyl (C=O) groups excluding carboxylic acids is 1. The summed E-state index contributed by atoms with van der Waals surface area (Å²) in [6, 6.07) is 25.6. The number of rotatable bonds is 10. The van der Waals surface area contributed by atoms with E-state index in [-0.39, 0.29) is 31.3 Å². The number of aliphatic hydroxyl groups is 1. The van der Waals surface area contributed by atoms with Crippen molar-refractivity contribution in [2.24, 2.45) is 5.92 Å². The van der Waals surface area contributed by atoms with Gasteiger partial charge in [0.05, 0.1) is 18.8 Å². The highest BCUT2D eigenvalue weighted by Gasteiger charge is 2.38. The largest absolute Gasteiger partial charge is 0.445 e. The second-order valence-electron chi connectivity index (χ2n) is 9.64. The maximum absolute atomic E-state index is 12.0. The Labute approximate surface area is 224 Å². The zero-order valence-corrected chi connectivity index (χ0v) is 22.0. The number of aliphatic hydroxyl groups excluding tert-OH is 1. The first kappa shape index (κ1) is 27.5. The summed E-state index contributed by atoms with van der Waals surface area (Å²) < 4.78 is 18.1. The van der Waals surface area contributed by atoms with Gasteiger partial charge in [0.25, 0.3) is 0 Å². The molecule has 7 heteroatoms. The standard InChI is InChI=1S/C31H36N2O5/c1-4-17-36-31(35)32-27-12-8-11-26(18-27)30-37-28(20-33(3)19-23-9-6-5-7-10-23)22(2)29(38-30)25-15-13-24(21-34)14-16-25/h4-16,18,22,28-30,34H,1,17,19-21H2,2-3H3,(H,32,35). The van der Waals surface area contributed by atoms with Gasteiger partial charge >= 0.3 is 6.09 Å². The van der Waals surface area contributed by atoms with Crippen LogP contribution < -0.4 is 5.32 Å². The van der Waals surface area contributed by atoms with Crippen LogP contribution in [0, 0.1) is 5.92 Å². The van der Waals surface area contributed by atoms with E-state index in [1.54, 1.807) is 6.07 Å². The molecule has 1 saturated heterocycles. The maximum atomic E-state index is 12.0. The van der Waals surface area contributed by atoms with Crippen LogP contribution in [0.5, 0.6) is 0 Å². The van der Waals surface area contributed by atoms with Crippen molar-refractivity contribution < 1.29 is 24.1 Å². The SMILES string of the molecule is C=CCOC(=O)Nc1cccc(C2OC(CN(C)Cc3ccccc3)C(C)C(c3ccc(CO)cc3)O2)c1. The lowest BCUT2D eigenvalue weighted by Gasteiger charge is -2.42. The van der Waals surface area contributed by atoms with Crippen LogP contribution in [0.1, 0.15) is 41.6 Å². The number of hydrogen-bond donors (Lipinski definition) is 2. The molecule has 1 aliphatic rings. The molecule has 3 aromatic carbocycles. The van der Waals surface area contributed by atoms with E-state index in [2.05, 4.69) is 42.9 Å². The van der Waals surface area contributed by atoms with Gasteiger partial charge in [-0.1, -0.05) is 86.3 Å². The van der Waals surface area contributed by atoms with Gasteiger partial charge in [0.2, 0.25) is 0 Å². The minimum absolute atomic E-state index is 0.00494. The molecule has 0 bridgehead atoms. The number of carbonyl (C=O) groups is 1. The Hall–Kier alpha value is -3.49. The van der Waals surface area contributed by atoms with Crippen LogP contribution in [0.3, 0.4) is 0 Å². The van der Waals surface area contributed by atoms with E-state index >= 15 is 0 Å². The van der Waals surface area contributed by atoms with Crippen LogP contribution in [0.15, 0.2) is 91.5 Å². The van der Waals surface area contributed by atoms with Crippen LogP contribution in [-0.2, 0) is 27.4 Å². The molecule has 1 aliphatic heterocycles. The van der Waals surface area contributed by atoms with Crippen molar-refractivity contribution in [1.82, 2.24) is 4.90 Å². The molecule has 38 heavy (non-hydrogen) atoms. The Balaban J connectivity index is 1.56. The number of hydrogen-bond acceptors (Lipinski definition) is 6. The number of amides is 1. The van der Waals surface area contributed by atoms with Gasteiger partial charge in [-0.05, 0) is 35.9 Å². The van der Waals surface area contributed by atoms with Gasteiger partial charge in [0, 0.05) is 30.3 Å². The molecule has 2 N–H and O–H groups in total. The number of anilines is 1. The molecule has 4 atom stereocenters. The molecule has 0 radical (unpaired) electrons. The van der Waals surface area contributed by atoms with E-state index in [0.29, 0.717) is 12.2 Å². The summed E-state index contributed by atoms with van der Waals surface area (Å²) >= 11 is 0. The van der Waals surface area contributed by atoms with Crippen molar-refractivity contribution in [2.75, 3.05) is 25.5 Å². The van der Waals surface area contributed by atoms with Crippen LogP contribution in [0.2, 0.25) is 0 Å². The number of nitrogens with zero attached hydrogens (tertiary/aromatic N) is 1. The summed E-state index contributed by atoms with van der Waals surface area (Å²) in [5.41, 5.74) is 4.51. The maximum Gasteiger partial charge on any atom is 0.411 e. The van der Waals surface area contributed by atoms with E-state index in [1.807, 2.05) is 60.7 Å². The zero-order valence-electron chi connectivity index (χ0n) is 22.0. The van der Waals surface area contributed by atoms with Gasteiger partial charge in [-0.2, -0.15) is 0 Å². The zero-order chi connectivity index (χ0) is 26.9. The van der Waals surface area contributed by atoms with Crippen molar-refractivity contribution in [3.63, 3.8) is 0 Å². The third-order valence-electron chi connectivity index (χ3n) is 6.65. The molecular weight excluding hydrogens is 480 g/mol. The fourth-order valence-corrected chi connectivity index (χ4v) is 4.65. The van der Waals surface area contributed by atoms with Crippen molar-refractivity contribution >= 4 is 11.8 Å². The quantitative estimate of drug-likeness (QED) is 0.330. The number of benzene rings is 3. The molecule has 7 nitrogen and oxygen atoms in total. The highest BCUT2D eigenvalue weighted by molar-refractivity contribution is 5.84. The van der Waals surface area contributed by atoms with Gasteiger partial charge in [-0.3, -0.25) is 10.2 Å². The Kier molecular flexibility index (Phi) is 9.67. The van der Waals surface area contributed by atoms with Crippen molar-refractivity contribution in [1.29, 1.82) is 0 Å². The normalized spacial score (nSPS) is 21.2. The molecule has 0 spiro atoms. The van der Waals surface area contributed by atoms with E-state index in [0.717, 1.165) is 23.2 Å². The van der Waals surface area contributed by atoms with Crippen LogP contribution in [-0.4, -0.2) is 42.4 Å². The first-order chi connectivity index (χ1) is 18.5. The molecule has 4 rings (SSSR count).